The van der Waals surface area contributed by atoms with E-state index >= 15 is 0 Å². The minimum absolute atomic E-state index is 0.107. The van der Waals surface area contributed by atoms with Crippen molar-refractivity contribution in [3.8, 4) is 0 Å². The first kappa shape index (κ1) is 26.6. The van der Waals surface area contributed by atoms with Crippen LogP contribution in [0.5, 0.6) is 0 Å². The summed E-state index contributed by atoms with van der Waals surface area (Å²) >= 11 is 0. The minimum atomic E-state index is -0.679. The number of fused-ring (bicyclic) bond motifs is 1. The largest absolute Gasteiger partial charge is 0.457 e. The molecule has 0 aromatic carbocycles. The maximum absolute atomic E-state index is 12.6. The van der Waals surface area contributed by atoms with Gasteiger partial charge >= 0.3 is 23.9 Å². The van der Waals surface area contributed by atoms with Crippen molar-refractivity contribution < 1.29 is 38.1 Å². The Kier molecular flexibility index (Phi) is 9.41. The fourth-order valence-corrected chi connectivity index (χ4v) is 3.27. The molecule has 9 heteroatoms. The van der Waals surface area contributed by atoms with Gasteiger partial charge in [-0.15, -0.1) is 0 Å². The molecule has 0 saturated carbocycles. The van der Waals surface area contributed by atoms with Gasteiger partial charge < -0.3 is 23.5 Å². The molecule has 1 aromatic rings. The molecule has 0 N–H and O–H groups in total. The zero-order chi connectivity index (χ0) is 25.4. The van der Waals surface area contributed by atoms with E-state index in [2.05, 4.69) is 0 Å². The molecule has 1 aliphatic heterocycles. The third-order valence-electron chi connectivity index (χ3n) is 5.46. The summed E-state index contributed by atoms with van der Waals surface area (Å²) in [7, 11) is 0. The predicted molar refractivity (Wildman–Crippen MR) is 122 cm³/mol. The molecule has 0 saturated heterocycles. The summed E-state index contributed by atoms with van der Waals surface area (Å²) < 4.78 is 23.3. The van der Waals surface area contributed by atoms with Gasteiger partial charge in [0.2, 0.25) is 0 Å². The fraction of sp³-hybridized carbons (Fsp3) is 0.440. The highest BCUT2D eigenvalue weighted by molar-refractivity contribution is 5.91. The Labute approximate surface area is 199 Å². The summed E-state index contributed by atoms with van der Waals surface area (Å²) in [6.45, 7) is 9.34. The SMILES string of the molecule is C/C=C(/COC(=O)/C(C)=C/C)C(=O)OCc1ccn2c1[C@@H](OC(=O)/C(C)=C/C)C[C@H]2OC(C)=O. The Hall–Kier alpha value is -3.62. The van der Waals surface area contributed by atoms with E-state index in [1.54, 1.807) is 63.6 Å². The van der Waals surface area contributed by atoms with Crippen molar-refractivity contribution in [2.75, 3.05) is 6.61 Å². The lowest BCUT2D eigenvalue weighted by atomic mass is 10.1. The number of hydrogen-bond acceptors (Lipinski definition) is 8. The Morgan fingerprint density at radius 1 is 0.912 bits per heavy atom. The van der Waals surface area contributed by atoms with Crippen LogP contribution in [0, 0.1) is 0 Å². The van der Waals surface area contributed by atoms with E-state index in [4.69, 9.17) is 18.9 Å². The maximum Gasteiger partial charge on any atom is 0.337 e. The third kappa shape index (κ3) is 6.46. The topological polar surface area (TPSA) is 110 Å². The molecule has 9 nitrogen and oxygen atoms in total. The maximum atomic E-state index is 12.6. The number of aromatic nitrogens is 1. The van der Waals surface area contributed by atoms with Crippen LogP contribution in [0.25, 0.3) is 0 Å². The summed E-state index contributed by atoms with van der Waals surface area (Å²) in [6, 6.07) is 1.71. The zero-order valence-electron chi connectivity index (χ0n) is 20.4. The number of nitrogens with zero attached hydrogens (tertiary/aromatic N) is 1. The number of allylic oxidation sites excluding steroid dienone is 3. The van der Waals surface area contributed by atoms with Crippen molar-refractivity contribution >= 4 is 23.9 Å². The predicted octanol–water partition coefficient (Wildman–Crippen LogP) is 4.00. The number of esters is 4. The molecule has 0 fully saturated rings. The van der Waals surface area contributed by atoms with Crippen LogP contribution in [0.4, 0.5) is 0 Å². The van der Waals surface area contributed by atoms with Crippen LogP contribution in [0.3, 0.4) is 0 Å². The van der Waals surface area contributed by atoms with E-state index in [0.29, 0.717) is 22.4 Å². The fourth-order valence-electron chi connectivity index (χ4n) is 3.27. The van der Waals surface area contributed by atoms with Gasteiger partial charge in [-0.05, 0) is 40.7 Å². The molecule has 1 aliphatic rings. The van der Waals surface area contributed by atoms with E-state index in [-0.39, 0.29) is 25.2 Å². The summed E-state index contributed by atoms with van der Waals surface area (Å²) in [6.07, 6.45) is 5.41. The Balaban J connectivity index is 2.14. The first-order chi connectivity index (χ1) is 16.1. The number of carbonyl (C=O) groups is 4. The van der Waals surface area contributed by atoms with Crippen molar-refractivity contribution in [2.45, 2.75) is 66.9 Å². The molecule has 0 aliphatic carbocycles. The van der Waals surface area contributed by atoms with Crippen molar-refractivity contribution in [2.24, 2.45) is 0 Å². The van der Waals surface area contributed by atoms with Gasteiger partial charge in [-0.2, -0.15) is 0 Å². The van der Waals surface area contributed by atoms with Crippen LogP contribution < -0.4 is 0 Å². The highest BCUT2D eigenvalue weighted by Crippen LogP contribution is 2.41. The second kappa shape index (κ2) is 12.0. The van der Waals surface area contributed by atoms with Gasteiger partial charge in [0.1, 0.15) is 19.3 Å². The van der Waals surface area contributed by atoms with Crippen LogP contribution in [0.2, 0.25) is 0 Å². The van der Waals surface area contributed by atoms with Crippen LogP contribution in [-0.2, 0) is 44.7 Å². The summed E-state index contributed by atoms with van der Waals surface area (Å²) in [5.74, 6) is -2.10. The summed E-state index contributed by atoms with van der Waals surface area (Å²) in [5, 5.41) is 0. The average Bonchev–Trinajstić information content (AvgIpc) is 3.37. The summed E-state index contributed by atoms with van der Waals surface area (Å²) in [5.41, 5.74) is 2.27. The molecule has 0 spiro atoms. The van der Waals surface area contributed by atoms with Gasteiger partial charge in [-0.3, -0.25) is 4.79 Å². The molecule has 2 heterocycles. The number of carbonyl (C=O) groups excluding carboxylic acids is 4. The molecule has 184 valence electrons. The molecular formula is C25H31NO8. The van der Waals surface area contributed by atoms with Gasteiger partial charge in [0, 0.05) is 36.3 Å². The van der Waals surface area contributed by atoms with E-state index in [0.717, 1.165) is 0 Å². The van der Waals surface area contributed by atoms with Crippen molar-refractivity contribution in [1.82, 2.24) is 4.57 Å². The van der Waals surface area contributed by atoms with E-state index in [9.17, 15) is 19.2 Å². The van der Waals surface area contributed by atoms with Gasteiger partial charge in [0.15, 0.2) is 6.23 Å². The highest BCUT2D eigenvalue weighted by atomic mass is 16.6. The highest BCUT2D eigenvalue weighted by Gasteiger charge is 2.37. The Bertz CT molecular complexity index is 1040. The quantitative estimate of drug-likeness (QED) is 0.301. The first-order valence-electron chi connectivity index (χ1n) is 11.0. The van der Waals surface area contributed by atoms with E-state index < -0.39 is 36.2 Å². The number of hydrogen-bond donors (Lipinski definition) is 0. The summed E-state index contributed by atoms with van der Waals surface area (Å²) in [4.78, 5) is 48.3. The lowest BCUT2D eigenvalue weighted by molar-refractivity contribution is -0.153. The van der Waals surface area contributed by atoms with Crippen molar-refractivity contribution in [3.05, 3.63) is 58.5 Å². The van der Waals surface area contributed by atoms with Gasteiger partial charge in [-0.25, -0.2) is 14.4 Å². The Morgan fingerprint density at radius 3 is 2.15 bits per heavy atom. The lowest BCUT2D eigenvalue weighted by Crippen LogP contribution is -2.16. The molecule has 34 heavy (non-hydrogen) atoms. The first-order valence-corrected chi connectivity index (χ1v) is 11.0. The van der Waals surface area contributed by atoms with E-state index in [1.165, 1.54) is 13.0 Å². The van der Waals surface area contributed by atoms with Crippen molar-refractivity contribution in [3.63, 3.8) is 0 Å². The average molecular weight is 474 g/mol. The van der Waals surface area contributed by atoms with Crippen molar-refractivity contribution in [1.29, 1.82) is 0 Å². The standard InChI is InChI=1S/C25H31NO8/c1-7-15(4)23(28)31-13-18(9-3)25(30)32-14-19-10-11-26-21(33-17(6)27)12-20(22(19)26)34-24(29)16(5)8-2/h7-11,20-21H,12-14H2,1-6H3/b15-7+,16-8+,18-9-/t20-,21+/m0/s1. The van der Waals surface area contributed by atoms with Gasteiger partial charge in [0.25, 0.3) is 0 Å². The smallest absolute Gasteiger partial charge is 0.337 e. The molecule has 0 amide bonds. The number of rotatable bonds is 9. The zero-order valence-corrected chi connectivity index (χ0v) is 20.4. The molecule has 1 aromatic heterocycles. The normalized spacial score (nSPS) is 18.2. The molecular weight excluding hydrogens is 442 g/mol. The molecule has 0 bridgehead atoms. The molecule has 0 unspecified atom stereocenters. The van der Waals surface area contributed by atoms with Crippen LogP contribution >= 0.6 is 0 Å². The van der Waals surface area contributed by atoms with E-state index in [1.807, 2.05) is 0 Å². The minimum Gasteiger partial charge on any atom is -0.457 e. The van der Waals surface area contributed by atoms with Gasteiger partial charge in [-0.1, -0.05) is 18.2 Å². The van der Waals surface area contributed by atoms with Crippen LogP contribution in [0.1, 0.15) is 71.6 Å². The third-order valence-corrected chi connectivity index (χ3v) is 5.46. The lowest BCUT2D eigenvalue weighted by Gasteiger charge is -2.15. The molecule has 0 radical (unpaired) electrons. The monoisotopic (exact) mass is 473 g/mol. The van der Waals surface area contributed by atoms with Crippen LogP contribution in [-0.4, -0.2) is 35.1 Å². The Morgan fingerprint density at radius 2 is 1.56 bits per heavy atom. The second-order valence-corrected chi connectivity index (χ2v) is 7.74. The van der Waals surface area contributed by atoms with Crippen LogP contribution in [0.15, 0.2) is 47.2 Å². The second-order valence-electron chi connectivity index (χ2n) is 7.74. The van der Waals surface area contributed by atoms with Gasteiger partial charge in [0.05, 0.1) is 11.3 Å². The molecule has 2 atom stereocenters. The molecule has 2 rings (SSSR count). The number of ether oxygens (including phenoxy) is 4.